The molecule has 0 fully saturated rings. The summed E-state index contributed by atoms with van der Waals surface area (Å²) in [5.41, 5.74) is 1.14. The fourth-order valence-electron chi connectivity index (χ4n) is 1.74. The van der Waals surface area contributed by atoms with Gasteiger partial charge in [0.25, 0.3) is 0 Å². The molecule has 1 aromatic carbocycles. The minimum atomic E-state index is 0.776. The maximum absolute atomic E-state index is 5.26. The summed E-state index contributed by atoms with van der Waals surface area (Å²) in [5, 5.41) is 5.50. The number of methoxy groups -OCH3 is 2. The Morgan fingerprint density at radius 2 is 1.79 bits per heavy atom. The fourth-order valence-corrected chi connectivity index (χ4v) is 3.20. The molecule has 0 aliphatic carbocycles. The van der Waals surface area contributed by atoms with Gasteiger partial charge < -0.3 is 14.8 Å². The molecule has 0 unspecified atom stereocenters. The fraction of sp³-hybridized carbons (Fsp3) is 0.286. The molecule has 5 heteroatoms. The van der Waals surface area contributed by atoms with E-state index in [1.165, 1.54) is 4.88 Å². The molecule has 0 aliphatic rings. The van der Waals surface area contributed by atoms with Crippen LogP contribution in [0.3, 0.4) is 0 Å². The Kier molecular flexibility index (Phi) is 5.24. The van der Waals surface area contributed by atoms with Crippen molar-refractivity contribution in [3.05, 3.63) is 44.6 Å². The van der Waals surface area contributed by atoms with Gasteiger partial charge in [-0.3, -0.25) is 0 Å². The quantitative estimate of drug-likeness (QED) is 0.866. The molecular weight excluding hydrogens is 326 g/mol. The number of rotatable bonds is 6. The second kappa shape index (κ2) is 6.93. The lowest BCUT2D eigenvalue weighted by atomic mass is 10.2. The first-order valence-electron chi connectivity index (χ1n) is 5.87. The summed E-state index contributed by atoms with van der Waals surface area (Å²) in [6, 6.07) is 7.97. The van der Waals surface area contributed by atoms with Crippen molar-refractivity contribution in [2.75, 3.05) is 14.2 Å². The van der Waals surface area contributed by atoms with Gasteiger partial charge in [-0.25, -0.2) is 0 Å². The van der Waals surface area contributed by atoms with E-state index < -0.39 is 0 Å². The molecule has 1 N–H and O–H groups in total. The van der Waals surface area contributed by atoms with Gasteiger partial charge in [-0.15, -0.1) is 11.3 Å². The number of hydrogen-bond donors (Lipinski definition) is 1. The monoisotopic (exact) mass is 341 g/mol. The molecule has 1 aromatic heterocycles. The van der Waals surface area contributed by atoms with Crippen molar-refractivity contribution in [2.45, 2.75) is 13.1 Å². The molecule has 0 bridgehead atoms. The third-order valence-electron chi connectivity index (χ3n) is 2.72. The molecule has 0 saturated heterocycles. The standard InChI is InChI=1S/C14H16BrNO2S/c1-17-11-5-10(6-12(7-11)18-2)8-16-9-14-13(15)3-4-19-14/h3-7,16H,8-9H2,1-2H3. The minimum absolute atomic E-state index is 0.776. The van der Waals surface area contributed by atoms with Gasteiger partial charge in [0.05, 0.1) is 14.2 Å². The van der Waals surface area contributed by atoms with Crippen LogP contribution in [0.15, 0.2) is 34.1 Å². The van der Waals surface area contributed by atoms with E-state index in [0.717, 1.165) is 34.6 Å². The smallest absolute Gasteiger partial charge is 0.122 e. The van der Waals surface area contributed by atoms with Crippen LogP contribution in [0.5, 0.6) is 11.5 Å². The van der Waals surface area contributed by atoms with E-state index in [0.29, 0.717) is 0 Å². The third-order valence-corrected chi connectivity index (χ3v) is 4.64. The van der Waals surface area contributed by atoms with Gasteiger partial charge in [-0.2, -0.15) is 0 Å². The maximum atomic E-state index is 5.26. The predicted molar refractivity (Wildman–Crippen MR) is 82.1 cm³/mol. The average molecular weight is 342 g/mol. The van der Waals surface area contributed by atoms with Crippen LogP contribution in [0.25, 0.3) is 0 Å². The zero-order valence-corrected chi connectivity index (χ0v) is 13.3. The van der Waals surface area contributed by atoms with Gasteiger partial charge in [-0.05, 0) is 45.1 Å². The number of thiophene rings is 1. The Hall–Kier alpha value is -1.04. The lowest BCUT2D eigenvalue weighted by molar-refractivity contribution is 0.393. The molecule has 2 rings (SSSR count). The van der Waals surface area contributed by atoms with Gasteiger partial charge in [-0.1, -0.05) is 0 Å². The summed E-state index contributed by atoms with van der Waals surface area (Å²) in [6.45, 7) is 1.62. The Morgan fingerprint density at radius 3 is 2.32 bits per heavy atom. The van der Waals surface area contributed by atoms with Crippen LogP contribution in [-0.2, 0) is 13.1 Å². The highest BCUT2D eigenvalue weighted by Gasteiger charge is 2.03. The molecule has 19 heavy (non-hydrogen) atoms. The molecule has 0 amide bonds. The van der Waals surface area contributed by atoms with Crippen molar-refractivity contribution in [3.8, 4) is 11.5 Å². The lowest BCUT2D eigenvalue weighted by Gasteiger charge is -2.09. The first-order chi connectivity index (χ1) is 9.22. The van der Waals surface area contributed by atoms with Crippen LogP contribution in [0, 0.1) is 0 Å². The first kappa shape index (κ1) is 14.4. The highest BCUT2D eigenvalue weighted by Crippen LogP contribution is 2.24. The second-order valence-electron chi connectivity index (χ2n) is 4.02. The highest BCUT2D eigenvalue weighted by atomic mass is 79.9. The summed E-state index contributed by atoms with van der Waals surface area (Å²) in [6.07, 6.45) is 0. The van der Waals surface area contributed by atoms with Crippen molar-refractivity contribution in [3.63, 3.8) is 0 Å². The van der Waals surface area contributed by atoms with Gasteiger partial charge in [0.2, 0.25) is 0 Å². The molecule has 0 atom stereocenters. The Bertz CT molecular complexity index is 520. The summed E-state index contributed by atoms with van der Waals surface area (Å²) >= 11 is 5.27. The van der Waals surface area contributed by atoms with Crippen LogP contribution in [0.2, 0.25) is 0 Å². The molecule has 1 heterocycles. The molecule has 2 aromatic rings. The summed E-state index contributed by atoms with van der Waals surface area (Å²) < 4.78 is 11.7. The minimum Gasteiger partial charge on any atom is -0.497 e. The Balaban J connectivity index is 1.97. The van der Waals surface area contributed by atoms with Gasteiger partial charge >= 0.3 is 0 Å². The SMILES string of the molecule is COc1cc(CNCc2sccc2Br)cc(OC)c1. The summed E-state index contributed by atoms with van der Waals surface area (Å²) in [4.78, 5) is 1.30. The largest absolute Gasteiger partial charge is 0.497 e. The molecule has 0 saturated carbocycles. The third kappa shape index (κ3) is 3.96. The van der Waals surface area contributed by atoms with E-state index in [2.05, 4.69) is 32.7 Å². The number of ether oxygens (including phenoxy) is 2. The van der Waals surface area contributed by atoms with E-state index in [9.17, 15) is 0 Å². The van der Waals surface area contributed by atoms with Crippen LogP contribution in [-0.4, -0.2) is 14.2 Å². The van der Waals surface area contributed by atoms with E-state index in [-0.39, 0.29) is 0 Å². The molecule has 102 valence electrons. The van der Waals surface area contributed by atoms with E-state index >= 15 is 0 Å². The Morgan fingerprint density at radius 1 is 1.11 bits per heavy atom. The Labute approximate surface area is 125 Å². The summed E-state index contributed by atoms with van der Waals surface area (Å²) in [5.74, 6) is 1.63. The van der Waals surface area contributed by atoms with Crippen molar-refractivity contribution in [1.82, 2.24) is 5.32 Å². The average Bonchev–Trinajstić information content (AvgIpc) is 2.84. The van der Waals surface area contributed by atoms with Crippen molar-refractivity contribution >= 4 is 27.3 Å². The summed E-state index contributed by atoms with van der Waals surface area (Å²) in [7, 11) is 3.32. The predicted octanol–water partition coefficient (Wildman–Crippen LogP) is 3.82. The highest BCUT2D eigenvalue weighted by molar-refractivity contribution is 9.10. The van der Waals surface area contributed by atoms with Crippen LogP contribution in [0.4, 0.5) is 0 Å². The molecule has 0 radical (unpaired) electrons. The molecule has 0 aliphatic heterocycles. The lowest BCUT2D eigenvalue weighted by Crippen LogP contribution is -2.12. The van der Waals surface area contributed by atoms with Crippen molar-refractivity contribution in [2.24, 2.45) is 0 Å². The van der Waals surface area contributed by atoms with E-state index in [1.807, 2.05) is 18.2 Å². The zero-order valence-electron chi connectivity index (χ0n) is 10.9. The van der Waals surface area contributed by atoms with Crippen LogP contribution >= 0.6 is 27.3 Å². The van der Waals surface area contributed by atoms with Gasteiger partial charge in [0.1, 0.15) is 11.5 Å². The maximum Gasteiger partial charge on any atom is 0.122 e. The molecule has 3 nitrogen and oxygen atoms in total. The zero-order chi connectivity index (χ0) is 13.7. The van der Waals surface area contributed by atoms with Gasteiger partial charge in [0.15, 0.2) is 0 Å². The molecular formula is C14H16BrNO2S. The number of nitrogens with one attached hydrogen (secondary N) is 1. The second-order valence-corrected chi connectivity index (χ2v) is 5.87. The van der Waals surface area contributed by atoms with Crippen LogP contribution in [0.1, 0.15) is 10.4 Å². The number of halogens is 1. The van der Waals surface area contributed by atoms with Gasteiger partial charge in [0, 0.05) is 28.5 Å². The normalized spacial score (nSPS) is 10.5. The van der Waals surface area contributed by atoms with Crippen LogP contribution < -0.4 is 14.8 Å². The van der Waals surface area contributed by atoms with Crippen molar-refractivity contribution in [1.29, 1.82) is 0 Å². The van der Waals surface area contributed by atoms with E-state index in [4.69, 9.17) is 9.47 Å². The number of hydrogen-bond acceptors (Lipinski definition) is 4. The van der Waals surface area contributed by atoms with Crippen molar-refractivity contribution < 1.29 is 9.47 Å². The molecule has 0 spiro atoms. The first-order valence-corrected chi connectivity index (χ1v) is 7.54. The van der Waals surface area contributed by atoms with E-state index in [1.54, 1.807) is 25.6 Å². The number of benzene rings is 1. The topological polar surface area (TPSA) is 30.5 Å².